The Kier molecular flexibility index (Phi) is 20.9. The molecule has 2 aliphatic heterocycles. The number of hydrogen-bond acceptors (Lipinski definition) is 3. The molecule has 0 aromatic rings. The quantitative estimate of drug-likeness (QED) is 0.192. The molecule has 17 aliphatic rings. The molecule has 0 bridgehead atoms. The summed E-state index contributed by atoms with van der Waals surface area (Å²) in [4.78, 5) is 7.29. The molecule has 17 fully saturated rings. The van der Waals surface area contributed by atoms with Gasteiger partial charge in [0.15, 0.2) is 6.71 Å². The van der Waals surface area contributed by atoms with Crippen molar-refractivity contribution in [3.63, 3.8) is 0 Å². The number of fused-ring (bicyclic) bond motifs is 4. The summed E-state index contributed by atoms with van der Waals surface area (Å²) in [6, 6.07) is 4.14. The third-order valence-electron chi connectivity index (χ3n) is 37.0. The van der Waals surface area contributed by atoms with Gasteiger partial charge < -0.3 is 4.74 Å². The monoisotopic (exact) mass is 1300 g/mol. The molecule has 95 heavy (non-hydrogen) atoms. The predicted octanol–water partition coefficient (Wildman–Crippen LogP) is 25.0. The molecule has 536 valence electrons. The van der Waals surface area contributed by atoms with Gasteiger partial charge in [-0.15, -0.1) is 0 Å². The maximum atomic E-state index is 8.47. The molecule has 0 aromatic carbocycles. The lowest BCUT2D eigenvalue weighted by atomic mass is 9.18. The fraction of sp³-hybridized carbons (Fsp3) is 1.00. The molecule has 22 atom stereocenters. The topological polar surface area (TPSA) is 15.7 Å². The molecule has 0 spiro atoms. The van der Waals surface area contributed by atoms with Gasteiger partial charge in [0.2, 0.25) is 0 Å². The smallest absolute Gasteiger partial charge is 0.159 e. The van der Waals surface area contributed by atoms with Gasteiger partial charge in [-0.05, 0) is 300 Å². The van der Waals surface area contributed by atoms with E-state index in [1.165, 1.54) is 148 Å². The van der Waals surface area contributed by atoms with Crippen molar-refractivity contribution in [1.82, 2.24) is 9.80 Å². The number of hydrogen-bond donors (Lipinski definition) is 0. The maximum absolute atomic E-state index is 8.47. The average molecular weight is 1300 g/mol. The molecule has 4 heteroatoms. The minimum Gasteiger partial charge on any atom is -0.376 e. The van der Waals surface area contributed by atoms with Crippen LogP contribution < -0.4 is 0 Å². The van der Waals surface area contributed by atoms with Gasteiger partial charge in [-0.3, -0.25) is 9.80 Å². The second-order valence-corrected chi connectivity index (χ2v) is 43.0. The molecule has 0 N–H and O–H groups in total. The minimum absolute atomic E-state index is 0.438. The normalized spacial score (nSPS) is 48.1. The Hall–Kier alpha value is -0.0551. The minimum atomic E-state index is 0.438. The Bertz CT molecular complexity index is 2370. The van der Waals surface area contributed by atoms with E-state index in [0.29, 0.717) is 23.0 Å². The lowest BCUT2D eigenvalue weighted by molar-refractivity contribution is -0.158. The van der Waals surface area contributed by atoms with E-state index in [2.05, 4.69) is 51.3 Å². The molecule has 0 radical (unpaired) electrons. The molecule has 15 saturated carbocycles. The number of nitrogens with zero attached hydrogens (tertiary/aromatic N) is 2. The molecule has 0 amide bonds. The van der Waals surface area contributed by atoms with Gasteiger partial charge in [-0.2, -0.15) is 0 Å². The Morgan fingerprint density at radius 1 is 0.316 bits per heavy atom. The maximum Gasteiger partial charge on any atom is 0.159 e. The van der Waals surface area contributed by atoms with Crippen LogP contribution in [0, 0.1) is 135 Å². The van der Waals surface area contributed by atoms with Crippen molar-refractivity contribution in [2.24, 2.45) is 135 Å². The van der Waals surface area contributed by atoms with Gasteiger partial charge in [0.25, 0.3) is 0 Å². The lowest BCUT2D eigenvalue weighted by Gasteiger charge is -2.69. The first-order valence-electron chi connectivity index (χ1n) is 45.5. The molecule has 2 heterocycles. The van der Waals surface area contributed by atoms with E-state index in [1.54, 1.807) is 186 Å². The second-order valence-electron chi connectivity index (χ2n) is 43.0. The summed E-state index contributed by atoms with van der Waals surface area (Å²) < 4.78 is 8.47. The van der Waals surface area contributed by atoms with Crippen LogP contribution >= 0.6 is 0 Å². The van der Waals surface area contributed by atoms with Crippen molar-refractivity contribution in [2.75, 3.05) is 6.54 Å². The summed E-state index contributed by atoms with van der Waals surface area (Å²) >= 11 is 0. The van der Waals surface area contributed by atoms with Crippen molar-refractivity contribution in [3.8, 4) is 0 Å². The Morgan fingerprint density at radius 3 is 1.32 bits per heavy atom. The van der Waals surface area contributed by atoms with Crippen molar-refractivity contribution < 1.29 is 4.74 Å². The van der Waals surface area contributed by atoms with Crippen LogP contribution in [0.15, 0.2) is 0 Å². The van der Waals surface area contributed by atoms with Crippen LogP contribution in [0.25, 0.3) is 0 Å². The lowest BCUT2D eigenvalue weighted by Crippen LogP contribution is -2.73. The van der Waals surface area contributed by atoms with Crippen LogP contribution in [0.2, 0.25) is 17.5 Å². The summed E-state index contributed by atoms with van der Waals surface area (Å²) in [6.45, 7) is 18.5. The highest BCUT2D eigenvalue weighted by Gasteiger charge is 2.67. The van der Waals surface area contributed by atoms with Crippen LogP contribution in [0.5, 0.6) is 0 Å². The zero-order valence-electron chi connectivity index (χ0n) is 63.5. The van der Waals surface area contributed by atoms with E-state index in [0.717, 1.165) is 179 Å². The van der Waals surface area contributed by atoms with Gasteiger partial charge in [0, 0.05) is 36.8 Å². The third-order valence-corrected chi connectivity index (χ3v) is 37.0. The summed E-state index contributed by atoms with van der Waals surface area (Å²) in [6.07, 6.45) is 80.0. The highest BCUT2D eigenvalue weighted by molar-refractivity contribution is 6.65. The summed E-state index contributed by atoms with van der Waals surface area (Å²) in [5.41, 5.74) is 0.889. The van der Waals surface area contributed by atoms with Gasteiger partial charge in [0.1, 0.15) is 0 Å². The number of ether oxygens (including phenoxy) is 1. The van der Waals surface area contributed by atoms with E-state index in [-0.39, 0.29) is 0 Å². The first-order valence-corrected chi connectivity index (χ1v) is 45.5. The van der Waals surface area contributed by atoms with Crippen LogP contribution in [-0.2, 0) is 4.74 Å². The zero-order chi connectivity index (χ0) is 64.1. The molecule has 2 saturated heterocycles. The van der Waals surface area contributed by atoms with Crippen LogP contribution in [-0.4, -0.2) is 65.5 Å². The zero-order valence-corrected chi connectivity index (χ0v) is 63.5. The van der Waals surface area contributed by atoms with E-state index >= 15 is 0 Å². The van der Waals surface area contributed by atoms with Crippen molar-refractivity contribution >= 4 is 6.71 Å². The van der Waals surface area contributed by atoms with Crippen LogP contribution in [0.1, 0.15) is 369 Å². The van der Waals surface area contributed by atoms with Crippen molar-refractivity contribution in [2.45, 2.75) is 429 Å². The fourth-order valence-electron chi connectivity index (χ4n) is 32.7. The Morgan fingerprint density at radius 2 is 0.768 bits per heavy atom. The fourth-order valence-corrected chi connectivity index (χ4v) is 32.7. The van der Waals surface area contributed by atoms with E-state index in [9.17, 15) is 0 Å². The van der Waals surface area contributed by atoms with Gasteiger partial charge in [-0.25, -0.2) is 0 Å². The third kappa shape index (κ3) is 13.7. The van der Waals surface area contributed by atoms with E-state index < -0.39 is 0 Å². The molecular formula is C91H153BN2O. The predicted molar refractivity (Wildman–Crippen MR) is 401 cm³/mol. The van der Waals surface area contributed by atoms with Crippen LogP contribution in [0.3, 0.4) is 0 Å². The average Bonchev–Trinajstić information content (AvgIpc) is 0.705. The molecule has 17 rings (SSSR count). The first kappa shape index (κ1) is 68.1. The highest BCUT2D eigenvalue weighted by atomic mass is 16.5. The molecule has 0 aromatic heterocycles. The Balaban J connectivity index is 0.752. The van der Waals surface area contributed by atoms with Crippen molar-refractivity contribution in [1.29, 1.82) is 0 Å². The first-order chi connectivity index (χ1) is 46.3. The van der Waals surface area contributed by atoms with E-state index in [4.69, 9.17) is 4.74 Å². The highest BCUT2D eigenvalue weighted by Crippen LogP contribution is 2.70. The van der Waals surface area contributed by atoms with Gasteiger partial charge in [0.05, 0.1) is 12.2 Å². The molecule has 3 nitrogen and oxygen atoms in total. The summed E-state index contributed by atoms with van der Waals surface area (Å²) in [5.74, 6) is 23.4. The second kappa shape index (κ2) is 29.1. The number of rotatable bonds is 11. The summed E-state index contributed by atoms with van der Waals surface area (Å²) in [7, 11) is 0. The van der Waals surface area contributed by atoms with Gasteiger partial charge >= 0.3 is 0 Å². The Labute approximate surface area is 588 Å². The van der Waals surface area contributed by atoms with Crippen molar-refractivity contribution in [3.05, 3.63) is 0 Å². The summed E-state index contributed by atoms with van der Waals surface area (Å²) in [5, 5.41) is 0. The standard InChI is InChI=1S/C91H153BN2O/c1-90(2,3)72-51-69-35-36-70-52-73(91(4,5)6)57-79-78(54-71(53-72)86(69)87(70)79)68-41-47-82-80(56-68)92-81-55-67(62-27-16-9-17-28-62)42-48-84(81)95-85-50-59(49-83(88(85)92)94(82)89-76(65-29-18-10-19-30-65)33-22-34-77(89)66-31-20-11-21-32-66)58-93(74-43-37-63(38-44-74)60-23-12-7-13-24-60)75-45-39-64(40-46-75)61-25-14-8-15-26-61/h59-89H,7-58H2,1-6H3/t59?,63?,64?,67?,68?,69-,70?,71-,72+,73?,74?,75?,76-,77+,78?,79?,80?,81-,82?,83?,84?,85?,86?,87?,88+,89?/m1/s1. The van der Waals surface area contributed by atoms with Gasteiger partial charge in [-0.1, -0.05) is 221 Å². The molecule has 15 aliphatic carbocycles. The van der Waals surface area contributed by atoms with E-state index in [1.807, 2.05) is 0 Å². The van der Waals surface area contributed by atoms with Crippen LogP contribution in [0.4, 0.5) is 0 Å². The molecule has 15 unspecified atom stereocenters. The SMILES string of the molecule is CC(C)(C)C1CC2CC[C@@H]3C[C@H](C(C)(C)C)C[C@@H]4CC(C5CCC6C(C5)B5[C@@H]7C(CC(CN(C8CCC(C9CCCCC9)CC8)C8CCC(C9CCCCC9)CC8)CC7N6C6[C@@H](C7CCCCC7)CCC[C@H]6C6CCCCC6)OC6CCC(C7CCCCC7)C[C@@H]56)C(C1)C2C34. The largest absolute Gasteiger partial charge is 0.376 e. The molecular weight excluding hydrogens is 1150 g/mol.